The van der Waals surface area contributed by atoms with Gasteiger partial charge in [-0.05, 0) is 81.7 Å². The fourth-order valence-electron chi connectivity index (χ4n) is 8.31. The monoisotopic (exact) mass is 703 g/mol. The van der Waals surface area contributed by atoms with Gasteiger partial charge in [0, 0.05) is 32.8 Å². The molecule has 3 heteroatoms. The van der Waals surface area contributed by atoms with E-state index in [4.69, 9.17) is 8.83 Å². The third kappa shape index (κ3) is 5.13. The van der Waals surface area contributed by atoms with Crippen molar-refractivity contribution in [2.24, 2.45) is 0 Å². The first-order chi connectivity index (χ1) is 27.3. The normalized spacial score (nSPS) is 11.6. The van der Waals surface area contributed by atoms with Gasteiger partial charge in [0.25, 0.3) is 0 Å². The van der Waals surface area contributed by atoms with Gasteiger partial charge in [-0.25, -0.2) is 0 Å². The third-order valence-corrected chi connectivity index (χ3v) is 10.9. The predicted molar refractivity (Wildman–Crippen MR) is 229 cm³/mol. The minimum absolute atomic E-state index is 0.853. The van der Waals surface area contributed by atoms with Crippen LogP contribution in [0.5, 0.6) is 0 Å². The second-order valence-electron chi connectivity index (χ2n) is 14.0. The molecule has 11 rings (SSSR count). The smallest absolute Gasteiger partial charge is 0.143 e. The van der Waals surface area contributed by atoms with Crippen molar-refractivity contribution in [3.05, 3.63) is 200 Å². The third-order valence-electron chi connectivity index (χ3n) is 10.9. The Morgan fingerprint density at radius 1 is 0.309 bits per heavy atom. The highest BCUT2D eigenvalue weighted by molar-refractivity contribution is 6.20. The van der Waals surface area contributed by atoms with E-state index in [1.165, 1.54) is 16.7 Å². The van der Waals surface area contributed by atoms with Crippen molar-refractivity contribution >= 4 is 71.7 Å². The highest BCUT2D eigenvalue weighted by Gasteiger charge is 2.24. The zero-order valence-corrected chi connectivity index (χ0v) is 29.8. The maximum absolute atomic E-state index is 6.65. The fourth-order valence-corrected chi connectivity index (χ4v) is 8.31. The highest BCUT2D eigenvalue weighted by Crippen LogP contribution is 2.48. The maximum atomic E-state index is 6.65. The molecule has 55 heavy (non-hydrogen) atoms. The molecule has 0 saturated carbocycles. The summed E-state index contributed by atoms with van der Waals surface area (Å²) in [6.07, 6.45) is 0. The van der Waals surface area contributed by atoms with E-state index in [0.717, 1.165) is 88.4 Å². The molecule has 3 nitrogen and oxygen atoms in total. The van der Waals surface area contributed by atoms with Crippen LogP contribution < -0.4 is 4.90 Å². The van der Waals surface area contributed by atoms with Crippen LogP contribution in [-0.2, 0) is 0 Å². The number of rotatable bonds is 6. The Balaban J connectivity index is 1.11. The van der Waals surface area contributed by atoms with Crippen LogP contribution in [0.15, 0.2) is 209 Å². The molecule has 0 saturated heterocycles. The van der Waals surface area contributed by atoms with Crippen LogP contribution in [0.2, 0.25) is 0 Å². The number of furan rings is 2. The first-order valence-corrected chi connectivity index (χ1v) is 18.7. The van der Waals surface area contributed by atoms with Crippen molar-refractivity contribution in [3.63, 3.8) is 0 Å². The molecule has 258 valence electrons. The standard InChI is InChI=1S/C52H33NO2/c1-2-12-34(13-3-1)35-24-26-36(27-25-35)37-28-31-39(32-29-37)53(46-20-11-23-49-51(46)43-17-7-9-21-47(43)54-49)45-19-8-6-16-41(45)42-18-10-22-48-50(42)44-33-30-38-14-4-5-15-40(38)52(44)55-48/h1-33H. The molecule has 0 aliphatic carbocycles. The Labute approximate surface area is 317 Å². The molecule has 0 N–H and O–H groups in total. The van der Waals surface area contributed by atoms with Gasteiger partial charge in [-0.3, -0.25) is 0 Å². The van der Waals surface area contributed by atoms with Crippen molar-refractivity contribution < 1.29 is 8.83 Å². The van der Waals surface area contributed by atoms with E-state index in [2.05, 4.69) is 193 Å². The largest absolute Gasteiger partial charge is 0.456 e. The number of nitrogens with zero attached hydrogens (tertiary/aromatic N) is 1. The van der Waals surface area contributed by atoms with Crippen molar-refractivity contribution in [1.82, 2.24) is 0 Å². The minimum Gasteiger partial charge on any atom is -0.456 e. The summed E-state index contributed by atoms with van der Waals surface area (Å²) in [6, 6.07) is 70.9. The van der Waals surface area contributed by atoms with Crippen molar-refractivity contribution in [2.75, 3.05) is 4.90 Å². The summed E-state index contributed by atoms with van der Waals surface area (Å²) in [5.41, 5.74) is 13.6. The Morgan fingerprint density at radius 2 is 0.873 bits per heavy atom. The zero-order chi connectivity index (χ0) is 36.3. The molecule has 0 atom stereocenters. The number of para-hydroxylation sites is 2. The van der Waals surface area contributed by atoms with Gasteiger partial charge in [0.2, 0.25) is 0 Å². The van der Waals surface area contributed by atoms with Gasteiger partial charge in [0.05, 0.1) is 16.8 Å². The summed E-state index contributed by atoms with van der Waals surface area (Å²) < 4.78 is 13.1. The minimum atomic E-state index is 0.853. The number of anilines is 3. The van der Waals surface area contributed by atoms with Crippen LogP contribution in [0.25, 0.3) is 88.0 Å². The van der Waals surface area contributed by atoms with E-state index in [1.54, 1.807) is 0 Å². The number of fused-ring (bicyclic) bond motifs is 8. The second kappa shape index (κ2) is 12.6. The van der Waals surface area contributed by atoms with E-state index in [-0.39, 0.29) is 0 Å². The summed E-state index contributed by atoms with van der Waals surface area (Å²) in [6.45, 7) is 0. The Kier molecular flexibility index (Phi) is 7.17. The first-order valence-electron chi connectivity index (χ1n) is 18.7. The molecule has 9 aromatic carbocycles. The topological polar surface area (TPSA) is 29.5 Å². The molecule has 2 heterocycles. The summed E-state index contributed by atoms with van der Waals surface area (Å²) in [5, 5.41) is 6.66. The number of benzene rings is 9. The molecule has 11 aromatic rings. The summed E-state index contributed by atoms with van der Waals surface area (Å²) in [5.74, 6) is 0. The molecule has 0 aliphatic heterocycles. The molecule has 0 spiro atoms. The Morgan fingerprint density at radius 3 is 1.67 bits per heavy atom. The van der Waals surface area contributed by atoms with Gasteiger partial charge in [-0.1, -0.05) is 152 Å². The quantitative estimate of drug-likeness (QED) is 0.173. The molecule has 0 radical (unpaired) electrons. The van der Waals surface area contributed by atoms with Gasteiger partial charge in [0.15, 0.2) is 0 Å². The van der Waals surface area contributed by atoms with Gasteiger partial charge < -0.3 is 13.7 Å². The van der Waals surface area contributed by atoms with E-state index in [1.807, 2.05) is 12.1 Å². The zero-order valence-electron chi connectivity index (χ0n) is 29.8. The maximum Gasteiger partial charge on any atom is 0.143 e. The van der Waals surface area contributed by atoms with Crippen molar-refractivity contribution in [2.45, 2.75) is 0 Å². The van der Waals surface area contributed by atoms with E-state index in [0.29, 0.717) is 0 Å². The lowest BCUT2D eigenvalue weighted by Gasteiger charge is -2.29. The van der Waals surface area contributed by atoms with Crippen molar-refractivity contribution in [1.29, 1.82) is 0 Å². The molecule has 0 aliphatic rings. The van der Waals surface area contributed by atoms with E-state index in [9.17, 15) is 0 Å². The molecule has 0 amide bonds. The lowest BCUT2D eigenvalue weighted by atomic mass is 9.95. The lowest BCUT2D eigenvalue weighted by molar-refractivity contribution is 0.669. The molecule has 0 bridgehead atoms. The van der Waals surface area contributed by atoms with Crippen LogP contribution in [0.4, 0.5) is 17.1 Å². The Bertz CT molecular complexity index is 3190. The molecular formula is C52H33NO2. The molecular weight excluding hydrogens is 671 g/mol. The van der Waals surface area contributed by atoms with Crippen LogP contribution in [-0.4, -0.2) is 0 Å². The summed E-state index contributed by atoms with van der Waals surface area (Å²) >= 11 is 0. The van der Waals surface area contributed by atoms with Crippen LogP contribution in [0, 0.1) is 0 Å². The summed E-state index contributed by atoms with van der Waals surface area (Å²) in [7, 11) is 0. The SMILES string of the molecule is c1ccc(-c2ccc(-c3ccc(N(c4ccccc4-c4cccc5oc6c7ccccc7ccc6c45)c4cccc5oc6ccccc6c45)cc3)cc2)cc1. The number of hydrogen-bond acceptors (Lipinski definition) is 3. The molecule has 0 fully saturated rings. The van der Waals surface area contributed by atoms with E-state index >= 15 is 0 Å². The van der Waals surface area contributed by atoms with Gasteiger partial charge in [-0.15, -0.1) is 0 Å². The van der Waals surface area contributed by atoms with Gasteiger partial charge in [-0.2, -0.15) is 0 Å². The van der Waals surface area contributed by atoms with E-state index < -0.39 is 0 Å². The van der Waals surface area contributed by atoms with Crippen LogP contribution >= 0.6 is 0 Å². The first kappa shape index (κ1) is 31.2. The van der Waals surface area contributed by atoms with Crippen LogP contribution in [0.3, 0.4) is 0 Å². The Hall–Kier alpha value is -7.36. The highest BCUT2D eigenvalue weighted by atomic mass is 16.3. The lowest BCUT2D eigenvalue weighted by Crippen LogP contribution is -2.11. The predicted octanol–water partition coefficient (Wildman–Crippen LogP) is 15.1. The number of hydrogen-bond donors (Lipinski definition) is 0. The second-order valence-corrected chi connectivity index (χ2v) is 14.0. The van der Waals surface area contributed by atoms with Gasteiger partial charge >= 0.3 is 0 Å². The molecule has 0 unspecified atom stereocenters. The fraction of sp³-hybridized carbons (Fsp3) is 0. The molecule has 2 aromatic heterocycles. The average molecular weight is 704 g/mol. The van der Waals surface area contributed by atoms with Gasteiger partial charge in [0.1, 0.15) is 22.3 Å². The average Bonchev–Trinajstić information content (AvgIpc) is 3.84. The van der Waals surface area contributed by atoms with Crippen LogP contribution in [0.1, 0.15) is 0 Å². The summed E-state index contributed by atoms with van der Waals surface area (Å²) in [4.78, 5) is 2.39. The van der Waals surface area contributed by atoms with Crippen molar-refractivity contribution in [3.8, 4) is 33.4 Å².